The quantitative estimate of drug-likeness (QED) is 0.732. The molecule has 0 atom stereocenters. The van der Waals surface area contributed by atoms with Gasteiger partial charge < -0.3 is 19.1 Å². The zero-order valence-electron chi connectivity index (χ0n) is 15.8. The Hall–Kier alpha value is -2.16. The van der Waals surface area contributed by atoms with Gasteiger partial charge >= 0.3 is 6.09 Å². The lowest BCUT2D eigenvalue weighted by Crippen LogP contribution is -2.44. The van der Waals surface area contributed by atoms with Crippen LogP contribution in [-0.4, -0.2) is 88.3 Å². The van der Waals surface area contributed by atoms with Crippen molar-refractivity contribution in [3.63, 3.8) is 0 Å². The van der Waals surface area contributed by atoms with Crippen molar-refractivity contribution in [2.75, 3.05) is 46.9 Å². The molecule has 0 bridgehead atoms. The number of hydrogen-bond acceptors (Lipinski definition) is 6. The summed E-state index contributed by atoms with van der Waals surface area (Å²) in [5.74, 6) is 2.32. The maximum Gasteiger partial charge on any atom is 0.410 e. The van der Waals surface area contributed by atoms with Gasteiger partial charge in [0.2, 0.25) is 5.91 Å². The van der Waals surface area contributed by atoms with Crippen LogP contribution in [0.2, 0.25) is 0 Å². The molecule has 2 saturated heterocycles. The lowest BCUT2D eigenvalue weighted by Gasteiger charge is -2.32. The number of carbonyl (C=O) groups is 2. The number of carbonyl (C=O) groups excluding carboxylic acids is 2. The van der Waals surface area contributed by atoms with E-state index in [1.54, 1.807) is 0 Å². The maximum absolute atomic E-state index is 12.4. The minimum absolute atomic E-state index is 0.00689. The van der Waals surface area contributed by atoms with Crippen LogP contribution in [0.15, 0.2) is 0 Å². The van der Waals surface area contributed by atoms with Gasteiger partial charge in [-0.1, -0.05) is 0 Å². The largest absolute Gasteiger partial charge is 0.448 e. The Morgan fingerprint density at radius 1 is 1.23 bits per heavy atom. The van der Waals surface area contributed by atoms with Crippen LogP contribution in [0.1, 0.15) is 37.3 Å². The molecule has 0 radical (unpaired) electrons. The number of likely N-dealkylation sites (tertiary alicyclic amines) is 1. The average Bonchev–Trinajstić information content (AvgIpc) is 3.20. The van der Waals surface area contributed by atoms with Crippen LogP contribution in [0, 0.1) is 0 Å². The summed E-state index contributed by atoms with van der Waals surface area (Å²) in [6.45, 7) is 6.08. The minimum atomic E-state index is -0.391. The third-order valence-electron chi connectivity index (χ3n) is 5.01. The molecule has 9 nitrogen and oxygen atoms in total. The first kappa shape index (κ1) is 18.6. The second kappa shape index (κ2) is 8.03. The van der Waals surface area contributed by atoms with E-state index in [0.29, 0.717) is 32.2 Å². The molecule has 144 valence electrons. The highest BCUT2D eigenvalue weighted by atomic mass is 16.6. The van der Waals surface area contributed by atoms with Gasteiger partial charge in [-0.25, -0.2) is 4.79 Å². The molecule has 0 N–H and O–H groups in total. The molecule has 2 aliphatic rings. The van der Waals surface area contributed by atoms with Gasteiger partial charge in [-0.3, -0.25) is 9.69 Å². The Morgan fingerprint density at radius 2 is 1.96 bits per heavy atom. The predicted molar refractivity (Wildman–Crippen MR) is 94.6 cm³/mol. The van der Waals surface area contributed by atoms with Gasteiger partial charge in [-0.15, -0.1) is 10.2 Å². The van der Waals surface area contributed by atoms with E-state index in [4.69, 9.17) is 4.74 Å². The molecule has 1 aromatic heterocycles. The zero-order chi connectivity index (χ0) is 18.7. The highest BCUT2D eigenvalue weighted by molar-refractivity contribution is 5.83. The van der Waals surface area contributed by atoms with Crippen LogP contribution in [0.25, 0.3) is 0 Å². The number of ether oxygens (including phenoxy) is 1. The lowest BCUT2D eigenvalue weighted by atomic mass is 9.95. The molecule has 0 saturated carbocycles. The molecule has 2 aliphatic heterocycles. The van der Waals surface area contributed by atoms with Crippen molar-refractivity contribution in [2.45, 2.75) is 38.8 Å². The summed E-state index contributed by atoms with van der Waals surface area (Å²) in [5, 5.41) is 8.81. The summed E-state index contributed by atoms with van der Waals surface area (Å²) in [4.78, 5) is 29.3. The summed E-state index contributed by atoms with van der Waals surface area (Å²) in [7, 11) is 4.04. The Balaban J connectivity index is 1.57. The molecular formula is C17H28N6O3. The van der Waals surface area contributed by atoms with Gasteiger partial charge in [-0.05, 0) is 33.9 Å². The van der Waals surface area contributed by atoms with E-state index >= 15 is 0 Å². The van der Waals surface area contributed by atoms with Crippen molar-refractivity contribution in [2.24, 2.45) is 0 Å². The fourth-order valence-corrected chi connectivity index (χ4v) is 3.62. The van der Waals surface area contributed by atoms with Crippen LogP contribution in [0.3, 0.4) is 0 Å². The van der Waals surface area contributed by atoms with Crippen molar-refractivity contribution in [1.82, 2.24) is 29.5 Å². The van der Waals surface area contributed by atoms with Gasteiger partial charge in [0.25, 0.3) is 0 Å². The van der Waals surface area contributed by atoms with Gasteiger partial charge in [-0.2, -0.15) is 0 Å². The smallest absolute Gasteiger partial charge is 0.410 e. The van der Waals surface area contributed by atoms with Crippen LogP contribution in [0.4, 0.5) is 4.79 Å². The first-order valence-electron chi connectivity index (χ1n) is 9.25. The second-order valence-electron chi connectivity index (χ2n) is 7.15. The van der Waals surface area contributed by atoms with E-state index in [1.807, 2.05) is 19.0 Å². The van der Waals surface area contributed by atoms with Crippen molar-refractivity contribution >= 4 is 12.0 Å². The predicted octanol–water partition coefficient (Wildman–Crippen LogP) is 0.518. The molecule has 26 heavy (non-hydrogen) atoms. The minimum Gasteiger partial charge on any atom is -0.448 e. The summed E-state index contributed by atoms with van der Waals surface area (Å²) in [6, 6.07) is 0. The van der Waals surface area contributed by atoms with Gasteiger partial charge in [0.1, 0.15) is 24.8 Å². The highest BCUT2D eigenvalue weighted by Crippen LogP contribution is 2.27. The molecule has 1 aromatic rings. The Kier molecular flexibility index (Phi) is 5.75. The molecule has 3 heterocycles. The summed E-state index contributed by atoms with van der Waals surface area (Å²) < 4.78 is 7.08. The number of hydrogen-bond donors (Lipinski definition) is 0. The third kappa shape index (κ3) is 3.98. The van der Waals surface area contributed by atoms with E-state index in [0.717, 1.165) is 37.6 Å². The molecule has 2 fully saturated rings. The number of rotatable bonds is 6. The number of nitrogens with zero attached hydrogens (tertiary/aromatic N) is 6. The molecule has 0 aliphatic carbocycles. The fourth-order valence-electron chi connectivity index (χ4n) is 3.62. The van der Waals surface area contributed by atoms with Crippen molar-refractivity contribution < 1.29 is 14.3 Å². The average molecular weight is 364 g/mol. The van der Waals surface area contributed by atoms with Crippen molar-refractivity contribution in [1.29, 1.82) is 0 Å². The second-order valence-corrected chi connectivity index (χ2v) is 7.15. The van der Waals surface area contributed by atoms with E-state index < -0.39 is 6.09 Å². The standard InChI is InChI=1S/C17H28N6O3/c1-4-23-14(11-20(2)3)18-19-16(23)13-5-7-21(8-6-13)15(24)12-22-9-10-26-17(22)25/h13H,4-12H2,1-3H3. The van der Waals surface area contributed by atoms with Crippen LogP contribution in [0.5, 0.6) is 0 Å². The summed E-state index contributed by atoms with van der Waals surface area (Å²) in [6.07, 6.45) is 1.35. The molecule has 9 heteroatoms. The molecule has 0 spiro atoms. The zero-order valence-corrected chi connectivity index (χ0v) is 15.8. The Labute approximate surface area is 153 Å². The maximum atomic E-state index is 12.4. The highest BCUT2D eigenvalue weighted by Gasteiger charge is 2.30. The Morgan fingerprint density at radius 3 is 2.54 bits per heavy atom. The van der Waals surface area contributed by atoms with Crippen molar-refractivity contribution in [3.8, 4) is 0 Å². The first-order chi connectivity index (χ1) is 12.5. The number of piperidine rings is 1. The third-order valence-corrected chi connectivity index (χ3v) is 5.01. The Bertz CT molecular complexity index is 651. The first-order valence-corrected chi connectivity index (χ1v) is 9.25. The molecule has 2 amide bonds. The number of cyclic esters (lactones) is 1. The van der Waals surface area contributed by atoms with E-state index in [2.05, 4.69) is 26.6 Å². The number of amides is 2. The van der Waals surface area contributed by atoms with Crippen LogP contribution >= 0.6 is 0 Å². The summed E-state index contributed by atoms with van der Waals surface area (Å²) >= 11 is 0. The van der Waals surface area contributed by atoms with Gasteiger partial charge in [0.15, 0.2) is 0 Å². The normalized spacial score (nSPS) is 18.7. The lowest BCUT2D eigenvalue weighted by molar-refractivity contribution is -0.132. The van der Waals surface area contributed by atoms with Crippen LogP contribution < -0.4 is 0 Å². The molecular weight excluding hydrogens is 336 g/mol. The monoisotopic (exact) mass is 364 g/mol. The van der Waals surface area contributed by atoms with Crippen LogP contribution in [-0.2, 0) is 22.6 Å². The van der Waals surface area contributed by atoms with E-state index in [1.165, 1.54) is 4.90 Å². The van der Waals surface area contributed by atoms with E-state index in [-0.39, 0.29) is 12.5 Å². The fraction of sp³-hybridized carbons (Fsp3) is 0.765. The molecule has 3 rings (SSSR count). The van der Waals surface area contributed by atoms with Gasteiger partial charge in [0, 0.05) is 25.6 Å². The van der Waals surface area contributed by atoms with E-state index in [9.17, 15) is 9.59 Å². The van der Waals surface area contributed by atoms with Gasteiger partial charge in [0.05, 0.1) is 13.1 Å². The molecule has 0 aromatic carbocycles. The van der Waals surface area contributed by atoms with Crippen molar-refractivity contribution in [3.05, 3.63) is 11.6 Å². The molecule has 0 unspecified atom stereocenters. The topological polar surface area (TPSA) is 83.8 Å². The SMILES string of the molecule is CCn1c(CN(C)C)nnc1C1CCN(C(=O)CN2CCOC2=O)CC1. The number of aromatic nitrogens is 3. The summed E-state index contributed by atoms with van der Waals surface area (Å²) in [5.41, 5.74) is 0.